The van der Waals surface area contributed by atoms with E-state index in [9.17, 15) is 4.79 Å². The van der Waals surface area contributed by atoms with Crippen molar-refractivity contribution in [1.82, 2.24) is 4.90 Å². The van der Waals surface area contributed by atoms with Gasteiger partial charge in [0.05, 0.1) is 0 Å². The van der Waals surface area contributed by atoms with Gasteiger partial charge in [0, 0.05) is 19.2 Å². The van der Waals surface area contributed by atoms with Gasteiger partial charge in [-0.3, -0.25) is 4.79 Å². The van der Waals surface area contributed by atoms with Crippen molar-refractivity contribution in [3.8, 4) is 0 Å². The molecule has 1 aliphatic rings. The van der Waals surface area contributed by atoms with Gasteiger partial charge >= 0.3 is 0 Å². The summed E-state index contributed by atoms with van der Waals surface area (Å²) in [5.74, 6) is 0.642. The third-order valence-corrected chi connectivity index (χ3v) is 3.21. The number of amides is 1. The van der Waals surface area contributed by atoms with E-state index in [1.807, 2.05) is 24.1 Å². The van der Waals surface area contributed by atoms with Gasteiger partial charge in [-0.25, -0.2) is 0 Å². The third kappa shape index (κ3) is 1.76. The topological polar surface area (TPSA) is 20.3 Å². The third-order valence-electron chi connectivity index (χ3n) is 3.21. The van der Waals surface area contributed by atoms with Crippen LogP contribution in [0.2, 0.25) is 0 Å². The molecule has 1 aromatic rings. The zero-order valence-corrected chi connectivity index (χ0v) is 9.58. The summed E-state index contributed by atoms with van der Waals surface area (Å²) in [5.41, 5.74) is 3.33. The highest BCUT2D eigenvalue weighted by atomic mass is 16.2. The van der Waals surface area contributed by atoms with E-state index < -0.39 is 0 Å². The van der Waals surface area contributed by atoms with Gasteiger partial charge in [0.2, 0.25) is 0 Å². The molecule has 0 spiro atoms. The summed E-state index contributed by atoms with van der Waals surface area (Å²) in [6.07, 6.45) is 1.05. The quantitative estimate of drug-likeness (QED) is 0.634. The Morgan fingerprint density at radius 3 is 2.87 bits per heavy atom. The van der Waals surface area contributed by atoms with E-state index >= 15 is 0 Å². The van der Waals surface area contributed by atoms with Gasteiger partial charge < -0.3 is 4.90 Å². The number of benzene rings is 1. The van der Waals surface area contributed by atoms with Crippen LogP contribution in [0.4, 0.5) is 0 Å². The number of rotatable bonds is 0. The first-order valence-electron chi connectivity index (χ1n) is 5.45. The molecule has 0 bridgehead atoms. The Kier molecular flexibility index (Phi) is 2.51. The summed E-state index contributed by atoms with van der Waals surface area (Å²) in [4.78, 5) is 13.8. The van der Waals surface area contributed by atoms with Crippen molar-refractivity contribution in [2.24, 2.45) is 0 Å². The van der Waals surface area contributed by atoms with Crippen LogP contribution in [0.5, 0.6) is 0 Å². The molecule has 0 aliphatic carbocycles. The number of aryl methyl sites for hydroxylation is 1. The lowest BCUT2D eigenvalue weighted by Gasteiger charge is -2.13. The average Bonchev–Trinajstić information content (AvgIpc) is 2.32. The van der Waals surface area contributed by atoms with E-state index in [4.69, 9.17) is 0 Å². The highest BCUT2D eigenvalue weighted by Crippen LogP contribution is 2.28. The molecule has 0 saturated carbocycles. The molecule has 2 heteroatoms. The number of nitrogens with zero attached hydrogens (tertiary/aromatic N) is 1. The highest BCUT2D eigenvalue weighted by molar-refractivity contribution is 5.96. The lowest BCUT2D eigenvalue weighted by molar-refractivity contribution is 0.0799. The minimum atomic E-state index is 0.161. The molecule has 1 unspecified atom stereocenters. The SMILES string of the molecule is Cc1ccc2c(c1)C(C)CCN(C)C2=O. The maximum atomic E-state index is 12.0. The van der Waals surface area contributed by atoms with Gasteiger partial charge in [-0.2, -0.15) is 0 Å². The average molecular weight is 203 g/mol. The number of carbonyl (C=O) groups excluding carboxylic acids is 1. The summed E-state index contributed by atoms with van der Waals surface area (Å²) in [6.45, 7) is 5.13. The van der Waals surface area contributed by atoms with Gasteiger partial charge in [-0.05, 0) is 30.9 Å². The monoisotopic (exact) mass is 203 g/mol. The zero-order chi connectivity index (χ0) is 11.0. The predicted octanol–water partition coefficient (Wildman–Crippen LogP) is 2.57. The number of hydrogen-bond donors (Lipinski definition) is 0. The second-order valence-electron chi connectivity index (χ2n) is 4.51. The maximum Gasteiger partial charge on any atom is 0.253 e. The largest absolute Gasteiger partial charge is 0.342 e. The maximum absolute atomic E-state index is 12.0. The molecule has 0 saturated heterocycles. The molecule has 0 fully saturated rings. The minimum absolute atomic E-state index is 0.161. The van der Waals surface area contributed by atoms with Crippen molar-refractivity contribution >= 4 is 5.91 Å². The Bertz CT molecular complexity index is 398. The van der Waals surface area contributed by atoms with Crippen LogP contribution in [0.15, 0.2) is 18.2 Å². The first-order chi connectivity index (χ1) is 7.09. The van der Waals surface area contributed by atoms with Crippen molar-refractivity contribution in [2.45, 2.75) is 26.2 Å². The van der Waals surface area contributed by atoms with Gasteiger partial charge in [-0.1, -0.05) is 24.6 Å². The molecule has 1 aromatic carbocycles. The number of carbonyl (C=O) groups is 1. The minimum Gasteiger partial charge on any atom is -0.342 e. The van der Waals surface area contributed by atoms with Crippen LogP contribution in [0, 0.1) is 6.92 Å². The fourth-order valence-electron chi connectivity index (χ4n) is 2.13. The van der Waals surface area contributed by atoms with E-state index in [-0.39, 0.29) is 5.91 Å². The second-order valence-corrected chi connectivity index (χ2v) is 4.51. The van der Waals surface area contributed by atoms with Crippen LogP contribution in [0.25, 0.3) is 0 Å². The summed E-state index contributed by atoms with van der Waals surface area (Å²) in [6, 6.07) is 6.13. The molecule has 0 aromatic heterocycles. The van der Waals surface area contributed by atoms with Crippen molar-refractivity contribution in [2.75, 3.05) is 13.6 Å². The van der Waals surface area contributed by atoms with Crippen LogP contribution in [0.3, 0.4) is 0 Å². The first-order valence-corrected chi connectivity index (χ1v) is 5.45. The molecular weight excluding hydrogens is 186 g/mol. The number of fused-ring (bicyclic) bond motifs is 1. The van der Waals surface area contributed by atoms with Crippen LogP contribution in [-0.4, -0.2) is 24.4 Å². The Hall–Kier alpha value is -1.31. The molecule has 15 heavy (non-hydrogen) atoms. The molecule has 1 aliphatic heterocycles. The van der Waals surface area contributed by atoms with Crippen molar-refractivity contribution in [3.05, 3.63) is 34.9 Å². The number of hydrogen-bond acceptors (Lipinski definition) is 1. The Labute approximate surface area is 90.9 Å². The molecule has 1 heterocycles. The van der Waals surface area contributed by atoms with Crippen molar-refractivity contribution in [1.29, 1.82) is 0 Å². The zero-order valence-electron chi connectivity index (χ0n) is 9.58. The summed E-state index contributed by atoms with van der Waals surface area (Å²) in [7, 11) is 1.88. The second kappa shape index (κ2) is 3.69. The molecule has 0 N–H and O–H groups in total. The molecule has 1 atom stereocenters. The standard InChI is InChI=1S/C13H17NO/c1-9-4-5-11-12(8-9)10(2)6-7-14(3)13(11)15/h4-5,8,10H,6-7H2,1-3H3. The molecule has 0 radical (unpaired) electrons. The lowest BCUT2D eigenvalue weighted by atomic mass is 9.93. The van der Waals surface area contributed by atoms with Crippen LogP contribution in [0.1, 0.15) is 40.7 Å². The van der Waals surface area contributed by atoms with Crippen molar-refractivity contribution in [3.63, 3.8) is 0 Å². The fraction of sp³-hybridized carbons (Fsp3) is 0.462. The summed E-state index contributed by atoms with van der Waals surface area (Å²) < 4.78 is 0. The summed E-state index contributed by atoms with van der Waals surface area (Å²) >= 11 is 0. The van der Waals surface area contributed by atoms with Crippen molar-refractivity contribution < 1.29 is 4.79 Å². The molecule has 80 valence electrons. The fourth-order valence-corrected chi connectivity index (χ4v) is 2.13. The van der Waals surface area contributed by atoms with Gasteiger partial charge in [-0.15, -0.1) is 0 Å². The Morgan fingerprint density at radius 2 is 2.13 bits per heavy atom. The normalized spacial score (nSPS) is 21.1. The van der Waals surface area contributed by atoms with E-state index in [1.54, 1.807) is 0 Å². The smallest absolute Gasteiger partial charge is 0.253 e. The van der Waals surface area contributed by atoms with E-state index in [0.29, 0.717) is 5.92 Å². The van der Waals surface area contributed by atoms with Crippen LogP contribution in [-0.2, 0) is 0 Å². The van der Waals surface area contributed by atoms with Gasteiger partial charge in [0.1, 0.15) is 0 Å². The van der Waals surface area contributed by atoms with Gasteiger partial charge in [0.25, 0.3) is 5.91 Å². The van der Waals surface area contributed by atoms with E-state index in [1.165, 1.54) is 11.1 Å². The Balaban J connectivity index is 2.55. The van der Waals surface area contributed by atoms with Crippen LogP contribution >= 0.6 is 0 Å². The highest BCUT2D eigenvalue weighted by Gasteiger charge is 2.23. The molecule has 2 nitrogen and oxygen atoms in total. The molecule has 1 amide bonds. The lowest BCUT2D eigenvalue weighted by Crippen LogP contribution is -2.26. The first kappa shape index (κ1) is 10.2. The Morgan fingerprint density at radius 1 is 1.40 bits per heavy atom. The van der Waals surface area contributed by atoms with Gasteiger partial charge in [0.15, 0.2) is 0 Å². The van der Waals surface area contributed by atoms with E-state index in [0.717, 1.165) is 18.5 Å². The summed E-state index contributed by atoms with van der Waals surface area (Å²) in [5, 5.41) is 0. The van der Waals surface area contributed by atoms with E-state index in [2.05, 4.69) is 19.9 Å². The predicted molar refractivity (Wildman–Crippen MR) is 61.2 cm³/mol. The molecular formula is C13H17NO. The van der Waals surface area contributed by atoms with Crippen LogP contribution < -0.4 is 0 Å². The molecule has 2 rings (SSSR count).